The molecule has 120 valence electrons. The summed E-state index contributed by atoms with van der Waals surface area (Å²) in [4.78, 5) is 18.0. The number of amides is 1. The Hall–Kier alpha value is -1.79. The summed E-state index contributed by atoms with van der Waals surface area (Å²) >= 11 is 3.16. The van der Waals surface area contributed by atoms with Gasteiger partial charge in [-0.1, -0.05) is 29.5 Å². The van der Waals surface area contributed by atoms with Crippen molar-refractivity contribution in [2.24, 2.45) is 10.7 Å². The molecule has 1 amide bonds. The second-order valence-corrected chi connectivity index (χ2v) is 8.01. The molecule has 0 bridgehead atoms. The van der Waals surface area contributed by atoms with E-state index in [0.717, 1.165) is 27.6 Å². The largest absolute Gasteiger partial charge is 0.379 e. The topological polar surface area (TPSA) is 67.5 Å². The molecule has 6 heteroatoms. The van der Waals surface area contributed by atoms with Crippen LogP contribution in [0.15, 0.2) is 41.4 Å². The van der Waals surface area contributed by atoms with Crippen molar-refractivity contribution in [2.45, 2.75) is 25.8 Å². The molecule has 0 saturated heterocycles. The number of aliphatic imine (C=N–C) groups is 1. The molecule has 0 aliphatic carbocycles. The van der Waals surface area contributed by atoms with Gasteiger partial charge in [0.25, 0.3) is 5.91 Å². The number of anilines is 1. The Kier molecular flexibility index (Phi) is 4.46. The highest BCUT2D eigenvalue weighted by Crippen LogP contribution is 2.40. The van der Waals surface area contributed by atoms with Gasteiger partial charge in [-0.2, -0.15) is 0 Å². The number of carbonyl (C=O) groups is 1. The van der Waals surface area contributed by atoms with E-state index < -0.39 is 0 Å². The summed E-state index contributed by atoms with van der Waals surface area (Å²) in [6, 6.07) is 11.5. The van der Waals surface area contributed by atoms with Crippen molar-refractivity contribution in [3.63, 3.8) is 0 Å². The summed E-state index contributed by atoms with van der Waals surface area (Å²) in [5.41, 5.74) is 7.38. The van der Waals surface area contributed by atoms with E-state index >= 15 is 0 Å². The van der Waals surface area contributed by atoms with Crippen LogP contribution in [0.3, 0.4) is 0 Å². The highest BCUT2D eigenvalue weighted by atomic mass is 32.2. The van der Waals surface area contributed by atoms with E-state index in [1.807, 2.05) is 43.3 Å². The van der Waals surface area contributed by atoms with Gasteiger partial charge in [0.05, 0.1) is 10.5 Å². The Morgan fingerprint density at radius 1 is 1.26 bits per heavy atom. The summed E-state index contributed by atoms with van der Waals surface area (Å²) in [5, 5.41) is 4.43. The number of thioether (sulfide) groups is 1. The molecule has 1 aromatic heterocycles. The number of hydrogen-bond acceptors (Lipinski definition) is 5. The normalized spacial score (nSPS) is 20.9. The first-order valence-electron chi connectivity index (χ1n) is 7.43. The maximum atomic E-state index is 12.3. The van der Waals surface area contributed by atoms with Crippen molar-refractivity contribution in [1.82, 2.24) is 0 Å². The van der Waals surface area contributed by atoms with Gasteiger partial charge < -0.3 is 11.1 Å². The van der Waals surface area contributed by atoms with Crippen molar-refractivity contribution in [2.75, 3.05) is 11.1 Å². The Labute approximate surface area is 144 Å². The molecule has 3 rings (SSSR count). The molecule has 1 aliphatic rings. The lowest BCUT2D eigenvalue weighted by molar-refractivity contribution is 0.102. The molecule has 23 heavy (non-hydrogen) atoms. The zero-order chi connectivity index (χ0) is 16.4. The van der Waals surface area contributed by atoms with Gasteiger partial charge in [-0.15, -0.1) is 11.3 Å². The molecule has 1 atom stereocenters. The SMILES string of the molecule is Cc1ccc(C(=O)Nc2ccc(C3(C)CCSC(N)=N3)s2)cc1. The Morgan fingerprint density at radius 2 is 2.00 bits per heavy atom. The van der Waals surface area contributed by atoms with Gasteiger partial charge in [0.2, 0.25) is 0 Å². The third kappa shape index (κ3) is 3.59. The van der Waals surface area contributed by atoms with Crippen LogP contribution in [-0.2, 0) is 5.54 Å². The van der Waals surface area contributed by atoms with Gasteiger partial charge in [-0.3, -0.25) is 9.79 Å². The molecule has 3 N–H and O–H groups in total. The molecule has 1 aliphatic heterocycles. The summed E-state index contributed by atoms with van der Waals surface area (Å²) in [5.74, 6) is 0.875. The molecular weight excluding hydrogens is 326 g/mol. The monoisotopic (exact) mass is 345 g/mol. The predicted octanol–water partition coefficient (Wildman–Crippen LogP) is 3.98. The van der Waals surface area contributed by atoms with Gasteiger partial charge in [0.1, 0.15) is 0 Å². The van der Waals surface area contributed by atoms with Crippen molar-refractivity contribution < 1.29 is 4.79 Å². The second-order valence-electron chi connectivity index (χ2n) is 5.81. The predicted molar refractivity (Wildman–Crippen MR) is 99.5 cm³/mol. The lowest BCUT2D eigenvalue weighted by Gasteiger charge is -2.28. The quantitative estimate of drug-likeness (QED) is 0.884. The minimum absolute atomic E-state index is 0.0919. The lowest BCUT2D eigenvalue weighted by atomic mass is 9.98. The van der Waals surface area contributed by atoms with E-state index in [-0.39, 0.29) is 11.4 Å². The van der Waals surface area contributed by atoms with Crippen LogP contribution in [0.4, 0.5) is 5.00 Å². The maximum absolute atomic E-state index is 12.3. The fourth-order valence-corrected chi connectivity index (χ4v) is 4.44. The van der Waals surface area contributed by atoms with Crippen molar-refractivity contribution >= 4 is 39.2 Å². The zero-order valence-electron chi connectivity index (χ0n) is 13.1. The first-order chi connectivity index (χ1) is 11.0. The Morgan fingerprint density at radius 3 is 2.70 bits per heavy atom. The first-order valence-corrected chi connectivity index (χ1v) is 9.23. The minimum atomic E-state index is -0.285. The smallest absolute Gasteiger partial charge is 0.256 e. The summed E-state index contributed by atoms with van der Waals surface area (Å²) < 4.78 is 0. The minimum Gasteiger partial charge on any atom is -0.379 e. The number of nitrogens with two attached hydrogens (primary N) is 1. The number of nitrogens with one attached hydrogen (secondary N) is 1. The number of benzene rings is 1. The number of nitrogens with zero attached hydrogens (tertiary/aromatic N) is 1. The summed E-state index contributed by atoms with van der Waals surface area (Å²) in [7, 11) is 0. The van der Waals surface area contributed by atoms with Crippen LogP contribution in [0.1, 0.15) is 34.1 Å². The number of aryl methyl sites for hydroxylation is 1. The molecule has 0 fully saturated rings. The van der Waals surface area contributed by atoms with Gasteiger partial charge >= 0.3 is 0 Å². The fourth-order valence-electron chi connectivity index (χ4n) is 2.45. The molecule has 1 unspecified atom stereocenters. The third-order valence-corrected chi connectivity index (χ3v) is 5.93. The Balaban J connectivity index is 1.76. The molecule has 0 spiro atoms. The highest BCUT2D eigenvalue weighted by Gasteiger charge is 2.31. The standard InChI is InChI=1S/C17H19N3OS2/c1-11-3-5-12(6-4-11)15(21)19-14-8-7-13(23-14)17(2)9-10-22-16(18)20-17/h3-8H,9-10H2,1-2H3,(H2,18,20)(H,19,21). The van der Waals surface area contributed by atoms with Crippen LogP contribution in [0.5, 0.6) is 0 Å². The van der Waals surface area contributed by atoms with E-state index in [1.54, 1.807) is 23.1 Å². The average molecular weight is 345 g/mol. The van der Waals surface area contributed by atoms with Crippen LogP contribution in [0.2, 0.25) is 0 Å². The van der Waals surface area contributed by atoms with Crippen LogP contribution in [-0.4, -0.2) is 16.8 Å². The lowest BCUT2D eigenvalue weighted by Crippen LogP contribution is -2.27. The van der Waals surface area contributed by atoms with E-state index in [9.17, 15) is 4.79 Å². The molecule has 2 aromatic rings. The van der Waals surface area contributed by atoms with Crippen LogP contribution in [0.25, 0.3) is 0 Å². The van der Waals surface area contributed by atoms with E-state index in [0.29, 0.717) is 10.7 Å². The number of rotatable bonds is 3. The highest BCUT2D eigenvalue weighted by molar-refractivity contribution is 8.13. The van der Waals surface area contributed by atoms with Gasteiger partial charge in [-0.25, -0.2) is 0 Å². The number of amidine groups is 1. The molecule has 0 saturated carbocycles. The van der Waals surface area contributed by atoms with Gasteiger partial charge in [0, 0.05) is 16.2 Å². The molecule has 0 radical (unpaired) electrons. The van der Waals surface area contributed by atoms with Gasteiger partial charge in [-0.05, 0) is 44.5 Å². The maximum Gasteiger partial charge on any atom is 0.256 e. The van der Waals surface area contributed by atoms with Crippen molar-refractivity contribution in [1.29, 1.82) is 0 Å². The molecular formula is C17H19N3OS2. The average Bonchev–Trinajstić information content (AvgIpc) is 2.97. The van der Waals surface area contributed by atoms with Crippen LogP contribution < -0.4 is 11.1 Å². The Bertz CT molecular complexity index is 751. The van der Waals surface area contributed by atoms with Crippen molar-refractivity contribution in [3.05, 3.63) is 52.4 Å². The van der Waals surface area contributed by atoms with E-state index in [1.165, 1.54) is 0 Å². The number of hydrogen-bond donors (Lipinski definition) is 2. The number of thiophene rings is 1. The second kappa shape index (κ2) is 6.37. The molecule has 4 nitrogen and oxygen atoms in total. The molecule has 1 aromatic carbocycles. The number of carbonyl (C=O) groups excluding carboxylic acids is 1. The zero-order valence-corrected chi connectivity index (χ0v) is 14.8. The van der Waals surface area contributed by atoms with E-state index in [4.69, 9.17) is 5.73 Å². The van der Waals surface area contributed by atoms with Crippen LogP contribution >= 0.6 is 23.1 Å². The summed E-state index contributed by atoms with van der Waals surface area (Å²) in [6.45, 7) is 4.10. The summed E-state index contributed by atoms with van der Waals surface area (Å²) in [6.07, 6.45) is 0.949. The fraction of sp³-hybridized carbons (Fsp3) is 0.294. The van der Waals surface area contributed by atoms with Crippen molar-refractivity contribution in [3.8, 4) is 0 Å². The van der Waals surface area contributed by atoms with Crippen LogP contribution in [0, 0.1) is 6.92 Å². The van der Waals surface area contributed by atoms with E-state index in [2.05, 4.69) is 17.2 Å². The third-order valence-electron chi connectivity index (χ3n) is 3.88. The van der Waals surface area contributed by atoms with Gasteiger partial charge in [0.15, 0.2) is 5.17 Å². The molecule has 2 heterocycles. The first kappa shape index (κ1) is 16.1.